The van der Waals surface area contributed by atoms with Gasteiger partial charge in [-0.05, 0) is 42.8 Å². The Morgan fingerprint density at radius 2 is 1.64 bits per heavy atom. The van der Waals surface area contributed by atoms with Gasteiger partial charge in [0.15, 0.2) is 11.5 Å². The van der Waals surface area contributed by atoms with E-state index >= 15 is 0 Å². The number of amides is 3. The summed E-state index contributed by atoms with van der Waals surface area (Å²) in [5, 5.41) is 5.64. The average Bonchev–Trinajstić information content (AvgIpc) is 3.12. The highest BCUT2D eigenvalue weighted by Crippen LogP contribution is 2.34. The van der Waals surface area contributed by atoms with Gasteiger partial charge in [0, 0.05) is 6.07 Å². The standard InChI is InChI=1S/C22H19ClFN3O5S/c1-10-6-18(27-21(29)12-5-4-11(24)7-14(12)23)33-19(10)22(30)26-15-9-17(32-3)16(31-2)8-13(15)20(25)28/h4-9H,1-3H3,(H2,25,28)(H,26,30)(H,27,29). The van der Waals surface area contributed by atoms with Crippen LogP contribution in [-0.2, 0) is 0 Å². The van der Waals surface area contributed by atoms with Gasteiger partial charge in [0.05, 0.1) is 45.9 Å². The number of carbonyl (C=O) groups excluding carboxylic acids is 3. The highest BCUT2D eigenvalue weighted by atomic mass is 35.5. The lowest BCUT2D eigenvalue weighted by Gasteiger charge is -2.14. The second-order valence-electron chi connectivity index (χ2n) is 6.77. The molecule has 1 aromatic heterocycles. The van der Waals surface area contributed by atoms with Crippen LogP contribution in [0.15, 0.2) is 36.4 Å². The first kappa shape index (κ1) is 24.0. The number of primary amides is 1. The molecule has 33 heavy (non-hydrogen) atoms. The molecule has 3 aromatic rings. The number of hydrogen-bond acceptors (Lipinski definition) is 6. The number of carbonyl (C=O) groups is 3. The molecule has 0 unspecified atom stereocenters. The first-order valence-corrected chi connectivity index (χ1v) is 10.6. The molecule has 0 bridgehead atoms. The first-order chi connectivity index (χ1) is 15.6. The molecule has 3 rings (SSSR count). The van der Waals surface area contributed by atoms with Gasteiger partial charge in [-0.25, -0.2) is 4.39 Å². The van der Waals surface area contributed by atoms with E-state index in [1.54, 1.807) is 13.0 Å². The van der Waals surface area contributed by atoms with Crippen LogP contribution in [0, 0.1) is 12.7 Å². The van der Waals surface area contributed by atoms with Crippen LogP contribution in [0.25, 0.3) is 0 Å². The van der Waals surface area contributed by atoms with Gasteiger partial charge in [-0.3, -0.25) is 14.4 Å². The van der Waals surface area contributed by atoms with Crippen molar-refractivity contribution < 1.29 is 28.2 Å². The molecule has 11 heteroatoms. The molecule has 3 amide bonds. The summed E-state index contributed by atoms with van der Waals surface area (Å²) in [5.74, 6) is -1.83. The number of halogens is 2. The van der Waals surface area contributed by atoms with Crippen molar-refractivity contribution in [3.05, 3.63) is 68.8 Å². The summed E-state index contributed by atoms with van der Waals surface area (Å²) in [4.78, 5) is 37.6. The zero-order valence-corrected chi connectivity index (χ0v) is 19.3. The summed E-state index contributed by atoms with van der Waals surface area (Å²) in [7, 11) is 2.82. The van der Waals surface area contributed by atoms with E-state index in [9.17, 15) is 18.8 Å². The van der Waals surface area contributed by atoms with Crippen molar-refractivity contribution in [3.63, 3.8) is 0 Å². The largest absolute Gasteiger partial charge is 0.493 e. The van der Waals surface area contributed by atoms with Crippen molar-refractivity contribution in [3.8, 4) is 11.5 Å². The van der Waals surface area contributed by atoms with E-state index < -0.39 is 23.5 Å². The molecule has 1 heterocycles. The SMILES string of the molecule is COc1cc(NC(=O)c2sc(NC(=O)c3ccc(F)cc3Cl)cc2C)c(C(N)=O)cc1OC. The minimum absolute atomic E-state index is 0.0359. The Bertz CT molecular complexity index is 1260. The number of rotatable bonds is 7. The fourth-order valence-corrected chi connectivity index (χ4v) is 4.20. The molecule has 0 aliphatic heterocycles. The Morgan fingerprint density at radius 1 is 0.970 bits per heavy atom. The third kappa shape index (κ3) is 5.24. The predicted molar refractivity (Wildman–Crippen MR) is 124 cm³/mol. The lowest BCUT2D eigenvalue weighted by atomic mass is 10.1. The minimum Gasteiger partial charge on any atom is -0.493 e. The lowest BCUT2D eigenvalue weighted by Crippen LogP contribution is -2.18. The van der Waals surface area contributed by atoms with Gasteiger partial charge in [0.1, 0.15) is 5.82 Å². The van der Waals surface area contributed by atoms with Gasteiger partial charge in [-0.1, -0.05) is 11.6 Å². The van der Waals surface area contributed by atoms with Gasteiger partial charge < -0.3 is 25.8 Å². The summed E-state index contributed by atoms with van der Waals surface area (Å²) < 4.78 is 23.6. The number of anilines is 2. The van der Waals surface area contributed by atoms with E-state index in [1.165, 1.54) is 32.4 Å². The summed E-state index contributed by atoms with van der Waals surface area (Å²) in [5.41, 5.74) is 6.29. The maximum atomic E-state index is 13.2. The number of benzene rings is 2. The van der Waals surface area contributed by atoms with E-state index in [0.29, 0.717) is 21.2 Å². The molecular formula is C22H19ClFN3O5S. The van der Waals surface area contributed by atoms with Crippen molar-refractivity contribution in [2.24, 2.45) is 5.73 Å². The van der Waals surface area contributed by atoms with Gasteiger partial charge in [0.25, 0.3) is 17.7 Å². The monoisotopic (exact) mass is 491 g/mol. The molecule has 0 radical (unpaired) electrons. The molecule has 4 N–H and O–H groups in total. The molecule has 0 spiro atoms. The van der Waals surface area contributed by atoms with E-state index in [2.05, 4.69) is 10.6 Å². The van der Waals surface area contributed by atoms with Crippen molar-refractivity contribution in [1.29, 1.82) is 0 Å². The predicted octanol–water partition coefficient (Wildman–Crippen LogP) is 4.47. The molecule has 0 saturated heterocycles. The van der Waals surface area contributed by atoms with Crippen molar-refractivity contribution in [2.45, 2.75) is 6.92 Å². The number of aryl methyl sites for hydroxylation is 1. The fraction of sp³-hybridized carbons (Fsp3) is 0.136. The molecule has 2 aromatic carbocycles. The highest BCUT2D eigenvalue weighted by Gasteiger charge is 2.21. The van der Waals surface area contributed by atoms with Crippen LogP contribution in [0.1, 0.15) is 36.0 Å². The highest BCUT2D eigenvalue weighted by molar-refractivity contribution is 7.18. The smallest absolute Gasteiger partial charge is 0.266 e. The van der Waals surface area contributed by atoms with E-state index in [1.807, 2.05) is 0 Å². The van der Waals surface area contributed by atoms with Crippen molar-refractivity contribution in [2.75, 3.05) is 24.9 Å². The van der Waals surface area contributed by atoms with Gasteiger partial charge in [0.2, 0.25) is 0 Å². The van der Waals surface area contributed by atoms with Crippen molar-refractivity contribution >= 4 is 51.3 Å². The number of thiophene rings is 1. The van der Waals surface area contributed by atoms with Crippen LogP contribution in [0.2, 0.25) is 5.02 Å². The normalized spacial score (nSPS) is 10.5. The average molecular weight is 492 g/mol. The van der Waals surface area contributed by atoms with Gasteiger partial charge in [-0.15, -0.1) is 11.3 Å². The second kappa shape index (κ2) is 9.88. The molecule has 0 aliphatic rings. The second-order valence-corrected chi connectivity index (χ2v) is 8.23. The zero-order chi connectivity index (χ0) is 24.3. The maximum Gasteiger partial charge on any atom is 0.266 e. The van der Waals surface area contributed by atoms with E-state index in [4.69, 9.17) is 26.8 Å². The Morgan fingerprint density at radius 3 is 2.24 bits per heavy atom. The molecule has 0 aliphatic carbocycles. The molecule has 0 atom stereocenters. The fourth-order valence-electron chi connectivity index (χ4n) is 2.99. The summed E-state index contributed by atoms with van der Waals surface area (Å²) in [6.07, 6.45) is 0. The molecule has 0 saturated carbocycles. The van der Waals surface area contributed by atoms with Crippen LogP contribution in [0.4, 0.5) is 15.1 Å². The number of hydrogen-bond donors (Lipinski definition) is 3. The summed E-state index contributed by atoms with van der Waals surface area (Å²) in [6.45, 7) is 1.69. The third-order valence-electron chi connectivity index (χ3n) is 4.57. The van der Waals surface area contributed by atoms with Crippen LogP contribution in [-0.4, -0.2) is 31.9 Å². The number of nitrogens with one attached hydrogen (secondary N) is 2. The van der Waals surface area contributed by atoms with Crippen molar-refractivity contribution in [1.82, 2.24) is 0 Å². The maximum absolute atomic E-state index is 13.2. The molecule has 172 valence electrons. The van der Waals surface area contributed by atoms with Crippen LogP contribution in [0.3, 0.4) is 0 Å². The van der Waals surface area contributed by atoms with Crippen LogP contribution < -0.4 is 25.8 Å². The molecule has 0 fully saturated rings. The molecular weight excluding hydrogens is 473 g/mol. The van der Waals surface area contributed by atoms with E-state index in [-0.39, 0.29) is 27.6 Å². The third-order valence-corrected chi connectivity index (χ3v) is 6.04. The Kier molecular flexibility index (Phi) is 7.19. The topological polar surface area (TPSA) is 120 Å². The zero-order valence-electron chi connectivity index (χ0n) is 17.7. The van der Waals surface area contributed by atoms with Gasteiger partial charge in [-0.2, -0.15) is 0 Å². The first-order valence-electron chi connectivity index (χ1n) is 9.38. The Labute approximate surface area is 197 Å². The number of methoxy groups -OCH3 is 2. The minimum atomic E-state index is -0.765. The van der Waals surface area contributed by atoms with Gasteiger partial charge >= 0.3 is 0 Å². The Balaban J connectivity index is 1.85. The number of ether oxygens (including phenoxy) is 2. The quantitative estimate of drug-likeness (QED) is 0.450. The molecule has 8 nitrogen and oxygen atoms in total. The van der Waals surface area contributed by atoms with E-state index in [0.717, 1.165) is 23.5 Å². The van der Waals surface area contributed by atoms with Crippen LogP contribution >= 0.6 is 22.9 Å². The number of nitrogens with two attached hydrogens (primary N) is 1. The summed E-state index contributed by atoms with van der Waals surface area (Å²) >= 11 is 6.95. The van der Waals surface area contributed by atoms with Crippen LogP contribution in [0.5, 0.6) is 11.5 Å². The Hall–Kier alpha value is -3.63. The summed E-state index contributed by atoms with van der Waals surface area (Å²) in [6, 6.07) is 7.84. The lowest BCUT2D eigenvalue weighted by molar-refractivity contribution is 0.0997.